The van der Waals surface area contributed by atoms with Crippen LogP contribution in [0.5, 0.6) is 0 Å². The van der Waals surface area contributed by atoms with Crippen molar-refractivity contribution in [3.05, 3.63) is 64.7 Å². The number of carbonyl (C=O) groups excluding carboxylic acids is 1. The van der Waals surface area contributed by atoms with Gasteiger partial charge < -0.3 is 5.32 Å². The summed E-state index contributed by atoms with van der Waals surface area (Å²) in [6.07, 6.45) is 2.02. The van der Waals surface area contributed by atoms with E-state index in [4.69, 9.17) is 11.6 Å². The molecule has 3 rings (SSSR count). The number of amides is 1. The van der Waals surface area contributed by atoms with Crippen LogP contribution in [0.25, 0.3) is 0 Å². The zero-order valence-electron chi connectivity index (χ0n) is 18.0. The zero-order valence-corrected chi connectivity index (χ0v) is 20.4. The standard InChI is InChI=1S/C22H27ClN2O5S2/c1-16(17-7-9-20(10-8-17)31(2,27)28)24-22(26)18-11-13-25(14-12-18)32(29,30)15-19-5-3-4-6-21(19)23/h3-10,16,18H,11-15H2,1-2H3,(H,24,26)/t16-/m1/s1. The third kappa shape index (κ3) is 6.10. The highest BCUT2D eigenvalue weighted by Crippen LogP contribution is 2.25. The van der Waals surface area contributed by atoms with Gasteiger partial charge in [-0.15, -0.1) is 0 Å². The molecule has 32 heavy (non-hydrogen) atoms. The summed E-state index contributed by atoms with van der Waals surface area (Å²) in [6.45, 7) is 2.39. The number of hydrogen-bond acceptors (Lipinski definition) is 5. The first kappa shape index (κ1) is 24.7. The first-order valence-corrected chi connectivity index (χ1v) is 14.2. The number of nitrogens with one attached hydrogen (secondary N) is 1. The lowest BCUT2D eigenvalue weighted by molar-refractivity contribution is -0.126. The fourth-order valence-corrected chi connectivity index (χ4v) is 6.22. The SMILES string of the molecule is C[C@@H](NC(=O)C1CCN(S(=O)(=O)Cc2ccccc2Cl)CC1)c1ccc(S(C)(=O)=O)cc1. The number of hydrogen-bond donors (Lipinski definition) is 1. The average Bonchev–Trinajstić information content (AvgIpc) is 2.75. The number of nitrogens with zero attached hydrogens (tertiary/aromatic N) is 1. The Hall–Kier alpha value is -1.94. The molecule has 1 atom stereocenters. The van der Waals surface area contributed by atoms with Gasteiger partial charge in [0.1, 0.15) is 0 Å². The summed E-state index contributed by atoms with van der Waals surface area (Å²) in [5, 5.41) is 3.37. The molecule has 2 aromatic carbocycles. The number of rotatable bonds is 7. The van der Waals surface area contributed by atoms with Crippen molar-refractivity contribution < 1.29 is 21.6 Å². The van der Waals surface area contributed by atoms with E-state index in [9.17, 15) is 21.6 Å². The predicted octanol–water partition coefficient (Wildman–Crippen LogP) is 3.16. The van der Waals surface area contributed by atoms with Crippen molar-refractivity contribution in [2.45, 2.75) is 36.5 Å². The van der Waals surface area contributed by atoms with Crippen LogP contribution < -0.4 is 5.32 Å². The molecule has 0 aromatic heterocycles. The van der Waals surface area contributed by atoms with Gasteiger partial charge >= 0.3 is 0 Å². The summed E-state index contributed by atoms with van der Waals surface area (Å²) < 4.78 is 50.1. The van der Waals surface area contributed by atoms with E-state index in [0.717, 1.165) is 11.8 Å². The lowest BCUT2D eigenvalue weighted by atomic mass is 9.96. The topological polar surface area (TPSA) is 101 Å². The van der Waals surface area contributed by atoms with Gasteiger partial charge in [0, 0.05) is 30.3 Å². The van der Waals surface area contributed by atoms with Crippen LogP contribution in [0.1, 0.15) is 36.9 Å². The normalized spacial score (nSPS) is 17.1. The quantitative estimate of drug-likeness (QED) is 0.632. The lowest BCUT2D eigenvalue weighted by Gasteiger charge is -2.31. The molecular weight excluding hydrogens is 472 g/mol. The van der Waals surface area contributed by atoms with Crippen LogP contribution >= 0.6 is 11.6 Å². The van der Waals surface area contributed by atoms with E-state index in [0.29, 0.717) is 23.4 Å². The Bertz CT molecular complexity index is 1170. The fraction of sp³-hybridized carbons (Fsp3) is 0.409. The molecule has 1 saturated heterocycles. The Morgan fingerprint density at radius 3 is 2.22 bits per heavy atom. The van der Waals surface area contributed by atoms with Gasteiger partial charge in [-0.25, -0.2) is 21.1 Å². The zero-order chi connectivity index (χ0) is 23.5. The average molecular weight is 499 g/mol. The van der Waals surface area contributed by atoms with Crippen molar-refractivity contribution in [1.29, 1.82) is 0 Å². The first-order chi connectivity index (χ1) is 15.0. The van der Waals surface area contributed by atoms with Gasteiger partial charge in [0.25, 0.3) is 0 Å². The Balaban J connectivity index is 1.55. The molecule has 1 heterocycles. The molecular formula is C22H27ClN2O5S2. The minimum absolute atomic E-state index is 0.132. The van der Waals surface area contributed by atoms with Crippen molar-refractivity contribution >= 4 is 37.4 Å². The van der Waals surface area contributed by atoms with Gasteiger partial charge in [0.2, 0.25) is 15.9 Å². The number of piperidine rings is 1. The smallest absolute Gasteiger partial charge is 0.223 e. The molecule has 1 aliphatic rings. The molecule has 1 N–H and O–H groups in total. The minimum Gasteiger partial charge on any atom is -0.349 e. The van der Waals surface area contributed by atoms with E-state index in [2.05, 4.69) is 5.32 Å². The molecule has 1 fully saturated rings. The minimum atomic E-state index is -3.52. The van der Waals surface area contributed by atoms with Crippen LogP contribution in [-0.4, -0.2) is 46.4 Å². The summed E-state index contributed by atoms with van der Waals surface area (Å²) >= 11 is 6.10. The van der Waals surface area contributed by atoms with Crippen LogP contribution in [0, 0.1) is 5.92 Å². The van der Waals surface area contributed by atoms with Gasteiger partial charge in [0.15, 0.2) is 9.84 Å². The van der Waals surface area contributed by atoms with Crippen LogP contribution in [0.2, 0.25) is 5.02 Å². The second kappa shape index (κ2) is 9.91. The first-order valence-electron chi connectivity index (χ1n) is 10.3. The van der Waals surface area contributed by atoms with Crippen LogP contribution in [-0.2, 0) is 30.4 Å². The van der Waals surface area contributed by atoms with Gasteiger partial charge in [-0.1, -0.05) is 41.9 Å². The number of halogens is 1. The molecule has 0 bridgehead atoms. The van der Waals surface area contributed by atoms with Crippen molar-refractivity contribution in [3.63, 3.8) is 0 Å². The predicted molar refractivity (Wildman–Crippen MR) is 124 cm³/mol. The van der Waals surface area contributed by atoms with E-state index in [1.165, 1.54) is 16.4 Å². The number of sulfone groups is 1. The highest BCUT2D eigenvalue weighted by atomic mass is 35.5. The summed E-state index contributed by atoms with van der Waals surface area (Å²) in [5.41, 5.74) is 1.36. The van der Waals surface area contributed by atoms with Crippen molar-refractivity contribution in [2.75, 3.05) is 19.3 Å². The lowest BCUT2D eigenvalue weighted by Crippen LogP contribution is -2.43. The van der Waals surface area contributed by atoms with Crippen LogP contribution in [0.4, 0.5) is 0 Å². The number of carbonyl (C=O) groups is 1. The molecule has 10 heteroatoms. The van der Waals surface area contributed by atoms with Gasteiger partial charge in [-0.2, -0.15) is 0 Å². The Morgan fingerprint density at radius 1 is 1.06 bits per heavy atom. The van der Waals surface area contributed by atoms with E-state index < -0.39 is 19.9 Å². The monoisotopic (exact) mass is 498 g/mol. The second-order valence-corrected chi connectivity index (χ2v) is 12.5. The molecule has 1 aliphatic heterocycles. The Labute approximate surface area is 194 Å². The van der Waals surface area contributed by atoms with Gasteiger partial charge in [-0.05, 0) is 49.1 Å². The molecule has 0 radical (unpaired) electrons. The second-order valence-electron chi connectivity index (χ2n) is 8.09. The summed E-state index contributed by atoms with van der Waals surface area (Å²) in [6, 6.07) is 13.0. The maximum atomic E-state index is 12.8. The summed E-state index contributed by atoms with van der Waals surface area (Å²) in [5.74, 6) is -0.573. The van der Waals surface area contributed by atoms with E-state index in [1.54, 1.807) is 36.4 Å². The van der Waals surface area contributed by atoms with Gasteiger partial charge in [-0.3, -0.25) is 4.79 Å². The molecule has 1 amide bonds. The van der Waals surface area contributed by atoms with E-state index >= 15 is 0 Å². The molecule has 0 aliphatic carbocycles. The summed E-state index contributed by atoms with van der Waals surface area (Å²) in [7, 11) is -6.80. The Morgan fingerprint density at radius 2 is 1.66 bits per heavy atom. The van der Waals surface area contributed by atoms with E-state index in [1.807, 2.05) is 6.92 Å². The third-order valence-electron chi connectivity index (χ3n) is 5.68. The Kier molecular flexibility index (Phi) is 7.65. The fourth-order valence-electron chi connectivity index (χ4n) is 3.72. The number of benzene rings is 2. The van der Waals surface area contributed by atoms with Crippen molar-refractivity contribution in [3.8, 4) is 0 Å². The third-order valence-corrected chi connectivity index (χ3v) is 9.01. The highest BCUT2D eigenvalue weighted by molar-refractivity contribution is 7.90. The molecule has 174 valence electrons. The number of sulfonamides is 1. The molecule has 0 spiro atoms. The molecule has 0 saturated carbocycles. The molecule has 2 aromatic rings. The molecule has 7 nitrogen and oxygen atoms in total. The van der Waals surface area contributed by atoms with Crippen molar-refractivity contribution in [1.82, 2.24) is 9.62 Å². The van der Waals surface area contributed by atoms with Crippen LogP contribution in [0.15, 0.2) is 53.4 Å². The van der Waals surface area contributed by atoms with Crippen molar-refractivity contribution in [2.24, 2.45) is 5.92 Å². The molecule has 0 unspecified atom stereocenters. The highest BCUT2D eigenvalue weighted by Gasteiger charge is 2.32. The maximum absolute atomic E-state index is 12.8. The summed E-state index contributed by atoms with van der Waals surface area (Å²) in [4.78, 5) is 12.9. The largest absolute Gasteiger partial charge is 0.349 e. The van der Waals surface area contributed by atoms with E-state index in [-0.39, 0.29) is 41.6 Å². The van der Waals surface area contributed by atoms with Crippen LogP contribution in [0.3, 0.4) is 0 Å². The van der Waals surface area contributed by atoms with Gasteiger partial charge in [0.05, 0.1) is 16.7 Å². The maximum Gasteiger partial charge on any atom is 0.223 e.